The Morgan fingerprint density at radius 3 is 2.08 bits per heavy atom. The molecule has 6 nitrogen and oxygen atoms in total. The van der Waals surface area contributed by atoms with E-state index in [1.54, 1.807) is 7.11 Å². The van der Waals surface area contributed by atoms with E-state index in [-0.39, 0.29) is 11.8 Å². The van der Waals surface area contributed by atoms with Crippen LogP contribution >= 0.6 is 0 Å². The number of carbonyl (C=O) groups is 2. The maximum atomic E-state index is 12.4. The number of carbonyl (C=O) groups excluding carboxylic acids is 2. The average Bonchev–Trinajstić information content (AvgIpc) is 2.66. The number of ether oxygens (including phenoxy) is 1. The van der Waals surface area contributed by atoms with Gasteiger partial charge in [0.25, 0.3) is 0 Å². The Morgan fingerprint density at radius 1 is 1.00 bits per heavy atom. The van der Waals surface area contributed by atoms with Crippen molar-refractivity contribution in [2.45, 2.75) is 25.7 Å². The van der Waals surface area contributed by atoms with Gasteiger partial charge in [0.2, 0.25) is 11.8 Å². The maximum Gasteiger partial charge on any atom is 0.223 e. The fourth-order valence-electron chi connectivity index (χ4n) is 2.98. The average molecular weight is 347 g/mol. The van der Waals surface area contributed by atoms with E-state index in [0.29, 0.717) is 39.0 Å². The molecule has 1 heterocycles. The predicted octanol–water partition coefficient (Wildman–Crippen LogP) is 1.30. The third-order valence-corrected chi connectivity index (χ3v) is 4.59. The van der Waals surface area contributed by atoms with Gasteiger partial charge >= 0.3 is 0 Å². The van der Waals surface area contributed by atoms with Crippen LogP contribution in [-0.2, 0) is 16.0 Å². The van der Waals surface area contributed by atoms with Crippen LogP contribution < -0.4 is 10.1 Å². The predicted molar refractivity (Wildman–Crippen MR) is 97.6 cm³/mol. The van der Waals surface area contributed by atoms with E-state index in [9.17, 15) is 9.59 Å². The van der Waals surface area contributed by atoms with Crippen LogP contribution in [0.1, 0.15) is 24.8 Å². The van der Waals surface area contributed by atoms with Crippen LogP contribution in [0.4, 0.5) is 0 Å². The van der Waals surface area contributed by atoms with Crippen molar-refractivity contribution in [3.8, 4) is 5.75 Å². The van der Waals surface area contributed by atoms with E-state index in [1.807, 2.05) is 41.1 Å². The van der Waals surface area contributed by atoms with E-state index >= 15 is 0 Å². The molecule has 1 saturated heterocycles. The summed E-state index contributed by atoms with van der Waals surface area (Å²) in [5.74, 6) is 1.18. The van der Waals surface area contributed by atoms with Crippen molar-refractivity contribution in [3.63, 3.8) is 0 Å². The minimum Gasteiger partial charge on any atom is -0.497 e. The second-order valence-corrected chi connectivity index (χ2v) is 6.32. The van der Waals surface area contributed by atoms with Gasteiger partial charge < -0.3 is 19.9 Å². The number of nitrogens with one attached hydrogen (secondary N) is 1. The lowest BCUT2D eigenvalue weighted by Gasteiger charge is -2.35. The molecule has 0 aliphatic carbocycles. The molecular formula is C19H29N3O3. The molecule has 0 spiro atoms. The molecule has 25 heavy (non-hydrogen) atoms. The van der Waals surface area contributed by atoms with Gasteiger partial charge in [-0.25, -0.2) is 0 Å². The highest BCUT2D eigenvalue weighted by Gasteiger charge is 2.23. The van der Waals surface area contributed by atoms with Crippen molar-refractivity contribution < 1.29 is 14.3 Å². The molecule has 0 radical (unpaired) electrons. The summed E-state index contributed by atoms with van der Waals surface area (Å²) in [6.07, 6.45) is 2.66. The van der Waals surface area contributed by atoms with Crippen LogP contribution in [0.25, 0.3) is 0 Å². The van der Waals surface area contributed by atoms with Crippen molar-refractivity contribution in [3.05, 3.63) is 29.8 Å². The highest BCUT2D eigenvalue weighted by molar-refractivity contribution is 5.78. The third kappa shape index (κ3) is 6.05. The van der Waals surface area contributed by atoms with E-state index in [0.717, 1.165) is 30.7 Å². The molecule has 6 heteroatoms. The number of methoxy groups -OCH3 is 1. The summed E-state index contributed by atoms with van der Waals surface area (Å²) in [6, 6.07) is 7.82. The number of rotatable bonds is 8. The van der Waals surface area contributed by atoms with Gasteiger partial charge in [-0.1, -0.05) is 12.1 Å². The second kappa shape index (κ2) is 10.0. The first-order valence-corrected chi connectivity index (χ1v) is 8.97. The largest absolute Gasteiger partial charge is 0.497 e. The normalized spacial score (nSPS) is 14.5. The third-order valence-electron chi connectivity index (χ3n) is 4.59. The molecule has 0 unspecified atom stereocenters. The van der Waals surface area contributed by atoms with Gasteiger partial charge in [0.15, 0.2) is 0 Å². The minimum absolute atomic E-state index is 0.165. The Kier molecular flexibility index (Phi) is 7.73. The maximum absolute atomic E-state index is 12.4. The van der Waals surface area contributed by atoms with Crippen molar-refractivity contribution >= 4 is 11.8 Å². The lowest BCUT2D eigenvalue weighted by Crippen LogP contribution is -2.50. The Labute approximate surface area is 150 Å². The molecular weight excluding hydrogens is 318 g/mol. The first-order chi connectivity index (χ1) is 12.1. The first kappa shape index (κ1) is 19.2. The molecule has 1 N–H and O–H groups in total. The van der Waals surface area contributed by atoms with Crippen molar-refractivity contribution in [2.75, 3.05) is 46.9 Å². The van der Waals surface area contributed by atoms with Crippen LogP contribution in [0.5, 0.6) is 5.75 Å². The highest BCUT2D eigenvalue weighted by Crippen LogP contribution is 2.14. The molecule has 1 aromatic carbocycles. The Morgan fingerprint density at radius 2 is 1.56 bits per heavy atom. The second-order valence-electron chi connectivity index (χ2n) is 6.32. The number of aryl methyl sites for hydroxylation is 1. The summed E-state index contributed by atoms with van der Waals surface area (Å²) in [5.41, 5.74) is 1.13. The zero-order chi connectivity index (χ0) is 18.1. The molecule has 1 aliphatic heterocycles. The Bertz CT molecular complexity index is 552. The number of hydrogen-bond donors (Lipinski definition) is 1. The molecule has 2 amide bonds. The fraction of sp³-hybridized carbons (Fsp3) is 0.579. The molecule has 0 aromatic heterocycles. The number of nitrogens with zero attached hydrogens (tertiary/aromatic N) is 2. The summed E-state index contributed by atoms with van der Waals surface area (Å²) in [6.45, 7) is 3.42. The molecule has 1 fully saturated rings. The van der Waals surface area contributed by atoms with E-state index in [2.05, 4.69) is 5.32 Å². The first-order valence-electron chi connectivity index (χ1n) is 8.97. The van der Waals surface area contributed by atoms with Gasteiger partial charge in [0, 0.05) is 39.0 Å². The SMILES string of the molecule is CNCCCC(=O)N1CCN(C(=O)CCc2ccc(OC)cc2)CC1. The zero-order valence-electron chi connectivity index (χ0n) is 15.3. The van der Waals surface area contributed by atoms with Gasteiger partial charge in [-0.05, 0) is 44.1 Å². The lowest BCUT2D eigenvalue weighted by atomic mass is 10.1. The summed E-state index contributed by atoms with van der Waals surface area (Å²) >= 11 is 0. The molecule has 0 bridgehead atoms. The highest BCUT2D eigenvalue weighted by atomic mass is 16.5. The zero-order valence-corrected chi connectivity index (χ0v) is 15.3. The summed E-state index contributed by atoms with van der Waals surface area (Å²) < 4.78 is 5.14. The van der Waals surface area contributed by atoms with Crippen LogP contribution in [0.15, 0.2) is 24.3 Å². The van der Waals surface area contributed by atoms with Crippen molar-refractivity contribution in [1.29, 1.82) is 0 Å². The molecule has 138 valence electrons. The monoisotopic (exact) mass is 347 g/mol. The quantitative estimate of drug-likeness (QED) is 0.720. The molecule has 1 aliphatic rings. The van der Waals surface area contributed by atoms with Crippen LogP contribution in [0.2, 0.25) is 0 Å². The number of hydrogen-bond acceptors (Lipinski definition) is 4. The molecule has 1 aromatic rings. The number of benzene rings is 1. The van der Waals surface area contributed by atoms with Crippen molar-refractivity contribution in [2.24, 2.45) is 0 Å². The Balaban J connectivity index is 1.70. The lowest BCUT2D eigenvalue weighted by molar-refractivity contribution is -0.139. The summed E-state index contributed by atoms with van der Waals surface area (Å²) in [7, 11) is 3.53. The van der Waals surface area contributed by atoms with Gasteiger partial charge in [-0.2, -0.15) is 0 Å². The minimum atomic E-state index is 0.165. The van der Waals surface area contributed by atoms with Gasteiger partial charge in [0.1, 0.15) is 5.75 Å². The molecule has 2 rings (SSSR count). The molecule has 0 atom stereocenters. The fourth-order valence-corrected chi connectivity index (χ4v) is 2.98. The van der Waals surface area contributed by atoms with Crippen LogP contribution in [-0.4, -0.2) is 68.5 Å². The van der Waals surface area contributed by atoms with Gasteiger partial charge in [-0.3, -0.25) is 9.59 Å². The summed E-state index contributed by atoms with van der Waals surface area (Å²) in [5, 5.41) is 3.05. The van der Waals surface area contributed by atoms with Crippen molar-refractivity contribution in [1.82, 2.24) is 15.1 Å². The van der Waals surface area contributed by atoms with Crippen LogP contribution in [0.3, 0.4) is 0 Å². The van der Waals surface area contributed by atoms with Gasteiger partial charge in [-0.15, -0.1) is 0 Å². The molecule has 0 saturated carbocycles. The van der Waals surface area contributed by atoms with E-state index in [4.69, 9.17) is 4.74 Å². The Hall–Kier alpha value is -2.08. The van der Waals surface area contributed by atoms with Gasteiger partial charge in [0.05, 0.1) is 7.11 Å². The van der Waals surface area contributed by atoms with E-state index < -0.39 is 0 Å². The smallest absolute Gasteiger partial charge is 0.223 e. The summed E-state index contributed by atoms with van der Waals surface area (Å²) in [4.78, 5) is 28.2. The number of amides is 2. The van der Waals surface area contributed by atoms with Crippen LogP contribution in [0, 0.1) is 0 Å². The topological polar surface area (TPSA) is 61.9 Å². The number of piperazine rings is 1. The standard InChI is InChI=1S/C19H29N3O3/c1-20-11-3-4-18(23)21-12-14-22(15-13-21)19(24)10-7-16-5-8-17(25-2)9-6-16/h5-6,8-9,20H,3-4,7,10-15H2,1-2H3. The van der Waals surface area contributed by atoms with E-state index in [1.165, 1.54) is 0 Å².